The minimum atomic E-state index is -0.302. The van der Waals surface area contributed by atoms with Gasteiger partial charge in [-0.3, -0.25) is 4.79 Å². The highest BCUT2D eigenvalue weighted by molar-refractivity contribution is 5.90. The fourth-order valence-corrected chi connectivity index (χ4v) is 2.46. The van der Waals surface area contributed by atoms with E-state index in [1.165, 1.54) is 12.1 Å². The van der Waals surface area contributed by atoms with Crippen molar-refractivity contribution in [1.82, 2.24) is 15.6 Å². The molecule has 1 aromatic carbocycles. The number of nitrogens with zero attached hydrogens (tertiary/aromatic N) is 2. The highest BCUT2D eigenvalue weighted by Gasteiger charge is 2.07. The maximum absolute atomic E-state index is 13.0. The Morgan fingerprint density at radius 3 is 2.66 bits per heavy atom. The molecule has 1 aromatic heterocycles. The number of carbonyl (C=O) groups is 1. The van der Waals surface area contributed by atoms with Crippen LogP contribution in [0.5, 0.6) is 5.75 Å². The second-order valence-electron chi connectivity index (χ2n) is 6.49. The van der Waals surface area contributed by atoms with E-state index >= 15 is 0 Å². The van der Waals surface area contributed by atoms with Crippen LogP contribution in [-0.4, -0.2) is 42.6 Å². The molecule has 0 radical (unpaired) electrons. The van der Waals surface area contributed by atoms with Gasteiger partial charge >= 0.3 is 0 Å². The Hall–Kier alpha value is -3.16. The molecule has 156 valence electrons. The lowest BCUT2D eigenvalue weighted by molar-refractivity contribution is -0.116. The second kappa shape index (κ2) is 11.6. The minimum Gasteiger partial charge on any atom is -0.489 e. The van der Waals surface area contributed by atoms with Crippen molar-refractivity contribution in [3.63, 3.8) is 0 Å². The molecular formula is C21H28FN5O2. The molecule has 2 rings (SSSR count). The molecule has 0 aliphatic heterocycles. The van der Waals surface area contributed by atoms with E-state index in [9.17, 15) is 9.18 Å². The van der Waals surface area contributed by atoms with Crippen LogP contribution in [0.3, 0.4) is 0 Å². The third-order valence-electron chi connectivity index (χ3n) is 3.80. The molecule has 0 fully saturated rings. The number of guanidine groups is 1. The topological polar surface area (TPSA) is 87.6 Å². The van der Waals surface area contributed by atoms with E-state index in [2.05, 4.69) is 25.9 Å². The normalized spacial score (nSPS) is 12.2. The van der Waals surface area contributed by atoms with Gasteiger partial charge in [-0.1, -0.05) is 6.07 Å². The number of hydrogen-bond donors (Lipinski definition) is 3. The summed E-state index contributed by atoms with van der Waals surface area (Å²) >= 11 is 0. The standard InChI is InChI=1S/C21H28FN5O2/c1-4-23-21(25-14-16(3)29-18-10-8-17(22)9-11-18)24-13-12-20(28)27-19-7-5-6-15(2)26-19/h5-11,16H,4,12-14H2,1-3H3,(H2,23,24,25)(H,26,27,28). The number of halogens is 1. The molecule has 3 N–H and O–H groups in total. The Labute approximate surface area is 170 Å². The summed E-state index contributed by atoms with van der Waals surface area (Å²) in [4.78, 5) is 20.8. The van der Waals surface area contributed by atoms with Gasteiger partial charge in [0.25, 0.3) is 0 Å². The summed E-state index contributed by atoms with van der Waals surface area (Å²) in [5.74, 6) is 1.31. The fourth-order valence-electron chi connectivity index (χ4n) is 2.46. The van der Waals surface area contributed by atoms with E-state index in [-0.39, 0.29) is 24.2 Å². The molecule has 1 unspecified atom stereocenters. The number of aromatic nitrogens is 1. The lowest BCUT2D eigenvalue weighted by atomic mass is 10.3. The number of pyridine rings is 1. The number of anilines is 1. The predicted molar refractivity (Wildman–Crippen MR) is 113 cm³/mol. The van der Waals surface area contributed by atoms with Gasteiger partial charge in [0.2, 0.25) is 5.91 Å². The average Bonchev–Trinajstić information content (AvgIpc) is 2.68. The first-order valence-electron chi connectivity index (χ1n) is 9.64. The molecule has 0 aliphatic rings. The van der Waals surface area contributed by atoms with Crippen LogP contribution >= 0.6 is 0 Å². The van der Waals surface area contributed by atoms with Crippen LogP contribution in [0.1, 0.15) is 26.0 Å². The first-order valence-corrected chi connectivity index (χ1v) is 9.64. The van der Waals surface area contributed by atoms with Crippen molar-refractivity contribution in [2.75, 3.05) is 25.0 Å². The summed E-state index contributed by atoms with van der Waals surface area (Å²) in [6.45, 7) is 7.25. The summed E-state index contributed by atoms with van der Waals surface area (Å²) in [5.41, 5.74) is 0.847. The van der Waals surface area contributed by atoms with Gasteiger partial charge in [0.15, 0.2) is 5.96 Å². The number of benzene rings is 1. The molecule has 2 aromatic rings. The monoisotopic (exact) mass is 401 g/mol. The van der Waals surface area contributed by atoms with Crippen molar-refractivity contribution < 1.29 is 13.9 Å². The van der Waals surface area contributed by atoms with Gasteiger partial charge in [-0.05, 0) is 57.2 Å². The lowest BCUT2D eigenvalue weighted by Crippen LogP contribution is -2.39. The minimum absolute atomic E-state index is 0.126. The Morgan fingerprint density at radius 2 is 1.97 bits per heavy atom. The van der Waals surface area contributed by atoms with Crippen molar-refractivity contribution in [1.29, 1.82) is 0 Å². The summed E-state index contributed by atoms with van der Waals surface area (Å²) in [6.07, 6.45) is 0.0911. The Bertz CT molecular complexity index is 811. The molecule has 8 heteroatoms. The summed E-state index contributed by atoms with van der Waals surface area (Å²) in [6, 6.07) is 11.4. The van der Waals surface area contributed by atoms with Gasteiger partial charge in [-0.15, -0.1) is 0 Å². The number of carbonyl (C=O) groups excluding carboxylic acids is 1. The average molecular weight is 401 g/mol. The molecule has 29 heavy (non-hydrogen) atoms. The zero-order chi connectivity index (χ0) is 21.1. The zero-order valence-corrected chi connectivity index (χ0v) is 17.0. The second-order valence-corrected chi connectivity index (χ2v) is 6.49. The third kappa shape index (κ3) is 8.59. The van der Waals surface area contributed by atoms with Crippen LogP contribution in [0.2, 0.25) is 0 Å². The van der Waals surface area contributed by atoms with Crippen LogP contribution in [-0.2, 0) is 4.79 Å². The molecule has 7 nitrogen and oxygen atoms in total. The van der Waals surface area contributed by atoms with Gasteiger partial charge in [0.1, 0.15) is 23.5 Å². The highest BCUT2D eigenvalue weighted by Crippen LogP contribution is 2.13. The van der Waals surface area contributed by atoms with Crippen molar-refractivity contribution in [3.05, 3.63) is 54.0 Å². The Kier molecular flexibility index (Phi) is 8.88. The van der Waals surface area contributed by atoms with Crippen LogP contribution < -0.4 is 20.7 Å². The van der Waals surface area contributed by atoms with E-state index in [0.717, 1.165) is 5.69 Å². The van der Waals surface area contributed by atoms with E-state index in [0.29, 0.717) is 37.2 Å². The number of nitrogens with one attached hydrogen (secondary N) is 3. The van der Waals surface area contributed by atoms with Crippen molar-refractivity contribution in [3.8, 4) is 5.75 Å². The van der Waals surface area contributed by atoms with E-state index < -0.39 is 0 Å². The molecule has 1 atom stereocenters. The number of aliphatic imine (C=N–C) groups is 1. The van der Waals surface area contributed by atoms with E-state index in [1.54, 1.807) is 18.2 Å². The van der Waals surface area contributed by atoms with Crippen molar-refractivity contribution >= 4 is 17.7 Å². The number of hydrogen-bond acceptors (Lipinski definition) is 4. The Morgan fingerprint density at radius 1 is 1.21 bits per heavy atom. The van der Waals surface area contributed by atoms with Crippen LogP contribution in [0.15, 0.2) is 47.5 Å². The molecule has 0 saturated carbocycles. The fraction of sp³-hybridized carbons (Fsp3) is 0.381. The molecule has 0 saturated heterocycles. The highest BCUT2D eigenvalue weighted by atomic mass is 19.1. The molecule has 0 aliphatic carbocycles. The van der Waals surface area contributed by atoms with E-state index in [1.807, 2.05) is 32.9 Å². The van der Waals surface area contributed by atoms with Gasteiger partial charge < -0.3 is 20.7 Å². The smallest absolute Gasteiger partial charge is 0.227 e. The van der Waals surface area contributed by atoms with Gasteiger partial charge in [0.05, 0.1) is 6.54 Å². The van der Waals surface area contributed by atoms with Crippen molar-refractivity contribution in [2.24, 2.45) is 4.99 Å². The number of rotatable bonds is 9. The molecular weight excluding hydrogens is 373 g/mol. The van der Waals surface area contributed by atoms with Crippen LogP contribution in [0, 0.1) is 12.7 Å². The summed E-state index contributed by atoms with van der Waals surface area (Å²) in [7, 11) is 0. The lowest BCUT2D eigenvalue weighted by Gasteiger charge is -2.15. The first-order chi connectivity index (χ1) is 14.0. The SMILES string of the molecule is CCNC(=NCC(C)Oc1ccc(F)cc1)NCCC(=O)Nc1cccc(C)n1. The maximum Gasteiger partial charge on any atom is 0.227 e. The molecule has 0 bridgehead atoms. The van der Waals surface area contributed by atoms with Crippen LogP contribution in [0.25, 0.3) is 0 Å². The largest absolute Gasteiger partial charge is 0.489 e. The maximum atomic E-state index is 13.0. The van der Waals surface area contributed by atoms with Gasteiger partial charge in [0, 0.05) is 25.2 Å². The number of aryl methyl sites for hydroxylation is 1. The predicted octanol–water partition coefficient (Wildman–Crippen LogP) is 2.88. The third-order valence-corrected chi connectivity index (χ3v) is 3.80. The summed E-state index contributed by atoms with van der Waals surface area (Å²) in [5, 5.41) is 9.03. The van der Waals surface area contributed by atoms with E-state index in [4.69, 9.17) is 4.74 Å². The number of ether oxygens (including phenoxy) is 1. The van der Waals surface area contributed by atoms with Crippen molar-refractivity contribution in [2.45, 2.75) is 33.3 Å². The number of amides is 1. The van der Waals surface area contributed by atoms with Crippen LogP contribution in [0.4, 0.5) is 10.2 Å². The zero-order valence-electron chi connectivity index (χ0n) is 17.0. The molecule has 0 spiro atoms. The van der Waals surface area contributed by atoms with Gasteiger partial charge in [-0.2, -0.15) is 0 Å². The quantitative estimate of drug-likeness (QED) is 0.444. The Balaban J connectivity index is 1.77. The molecule has 1 amide bonds. The first kappa shape index (κ1) is 22.1. The summed E-state index contributed by atoms with van der Waals surface area (Å²) < 4.78 is 18.7. The van der Waals surface area contributed by atoms with Gasteiger partial charge in [-0.25, -0.2) is 14.4 Å². The molecule has 1 heterocycles.